The second-order valence-electron chi connectivity index (χ2n) is 1.98. The molecule has 1 heterocycles. The van der Waals surface area contributed by atoms with E-state index in [1.807, 2.05) is 0 Å². The molecule has 0 aromatic rings. The zero-order chi connectivity index (χ0) is 7.61. The van der Waals surface area contributed by atoms with E-state index >= 15 is 0 Å². The minimum Gasteiger partial charge on any atom is -0.355 e. The maximum absolute atomic E-state index is 10.4. The maximum atomic E-state index is 10.4. The van der Waals surface area contributed by atoms with Crippen LogP contribution >= 0.6 is 0 Å². The zero-order valence-corrected chi connectivity index (χ0v) is 6.04. The van der Waals surface area contributed by atoms with E-state index in [2.05, 4.69) is 0 Å². The van der Waals surface area contributed by atoms with Gasteiger partial charge in [0.2, 0.25) is 0 Å². The maximum Gasteiger partial charge on any atom is 0.292 e. The van der Waals surface area contributed by atoms with Crippen molar-refractivity contribution in [1.82, 2.24) is 0 Å². The van der Waals surface area contributed by atoms with E-state index in [0.29, 0.717) is 0 Å². The number of hydrogen-bond acceptors (Lipinski definition) is 3. The predicted molar refractivity (Wildman–Crippen MR) is 35.0 cm³/mol. The largest absolute Gasteiger partial charge is 0.355 e. The third-order valence-electron chi connectivity index (χ3n) is 1.21. The Morgan fingerprint density at radius 1 is 1.50 bits per heavy atom. The normalized spacial score (nSPS) is 26.7. The fraction of sp³-hybridized carbons (Fsp3) is 0.600. The molecule has 0 bridgehead atoms. The van der Waals surface area contributed by atoms with Gasteiger partial charge in [-0.2, -0.15) is 8.42 Å². The monoisotopic (exact) mass is 164 g/mol. The lowest BCUT2D eigenvalue weighted by atomic mass is 10.3. The SMILES string of the molecule is O=S(=O)(O)C1CC=CCO1. The van der Waals surface area contributed by atoms with E-state index in [4.69, 9.17) is 9.29 Å². The summed E-state index contributed by atoms with van der Waals surface area (Å²) in [5, 5.41) is 0. The van der Waals surface area contributed by atoms with Gasteiger partial charge in [0.25, 0.3) is 10.1 Å². The van der Waals surface area contributed by atoms with Crippen LogP contribution in [0.15, 0.2) is 12.2 Å². The Balaban J connectivity index is 2.67. The molecule has 5 heteroatoms. The highest BCUT2D eigenvalue weighted by Gasteiger charge is 2.23. The molecule has 1 aliphatic heterocycles. The minimum absolute atomic E-state index is 0.235. The molecule has 0 aromatic heterocycles. The van der Waals surface area contributed by atoms with Crippen molar-refractivity contribution in [3.63, 3.8) is 0 Å². The van der Waals surface area contributed by atoms with Gasteiger partial charge in [-0.3, -0.25) is 4.55 Å². The number of hydrogen-bond donors (Lipinski definition) is 1. The Labute approximate surface area is 59.2 Å². The van der Waals surface area contributed by atoms with E-state index < -0.39 is 15.6 Å². The van der Waals surface area contributed by atoms with Crippen molar-refractivity contribution >= 4 is 10.1 Å². The van der Waals surface area contributed by atoms with Crippen LogP contribution in [0.2, 0.25) is 0 Å². The molecule has 0 aliphatic carbocycles. The molecule has 0 amide bonds. The first-order valence-corrected chi connectivity index (χ1v) is 4.34. The number of ether oxygens (including phenoxy) is 1. The summed E-state index contributed by atoms with van der Waals surface area (Å²) >= 11 is 0. The molecule has 0 fully saturated rings. The van der Waals surface area contributed by atoms with E-state index in [-0.39, 0.29) is 13.0 Å². The molecule has 0 spiro atoms. The molecule has 1 N–H and O–H groups in total. The topological polar surface area (TPSA) is 63.6 Å². The van der Waals surface area contributed by atoms with Crippen LogP contribution in [0.3, 0.4) is 0 Å². The molecule has 0 saturated heterocycles. The quantitative estimate of drug-likeness (QED) is 0.443. The fourth-order valence-corrected chi connectivity index (χ4v) is 1.32. The van der Waals surface area contributed by atoms with Crippen molar-refractivity contribution in [3.8, 4) is 0 Å². The van der Waals surface area contributed by atoms with Crippen LogP contribution in [0, 0.1) is 0 Å². The lowest BCUT2D eigenvalue weighted by Crippen LogP contribution is -2.25. The lowest BCUT2D eigenvalue weighted by molar-refractivity contribution is 0.116. The summed E-state index contributed by atoms with van der Waals surface area (Å²) in [6, 6.07) is 0. The molecule has 1 unspecified atom stereocenters. The highest BCUT2D eigenvalue weighted by molar-refractivity contribution is 7.86. The van der Waals surface area contributed by atoms with E-state index in [0.717, 1.165) is 0 Å². The molecule has 4 nitrogen and oxygen atoms in total. The van der Waals surface area contributed by atoms with Gasteiger partial charge < -0.3 is 4.74 Å². The first-order chi connectivity index (χ1) is 4.61. The van der Waals surface area contributed by atoms with Crippen LogP contribution in [-0.4, -0.2) is 25.0 Å². The van der Waals surface area contributed by atoms with Crippen LogP contribution in [0.4, 0.5) is 0 Å². The van der Waals surface area contributed by atoms with Crippen LogP contribution in [0.5, 0.6) is 0 Å². The smallest absolute Gasteiger partial charge is 0.292 e. The summed E-state index contributed by atoms with van der Waals surface area (Å²) in [6.07, 6.45) is 3.61. The standard InChI is InChI=1S/C5H8O4S/c6-10(7,8)5-3-1-2-4-9-5/h1-2,5H,3-4H2,(H,6,7,8). The Morgan fingerprint density at radius 2 is 2.20 bits per heavy atom. The molecule has 10 heavy (non-hydrogen) atoms. The first kappa shape index (κ1) is 7.71. The Kier molecular flexibility index (Phi) is 2.08. The highest BCUT2D eigenvalue weighted by atomic mass is 32.2. The molecule has 0 aromatic carbocycles. The predicted octanol–water partition coefficient (Wildman–Crippen LogP) is 0.177. The van der Waals surface area contributed by atoms with E-state index in [9.17, 15) is 8.42 Å². The average Bonchev–Trinajstić information content (AvgIpc) is 1.88. The van der Waals surface area contributed by atoms with Gasteiger partial charge in [-0.25, -0.2) is 0 Å². The fourth-order valence-electron chi connectivity index (χ4n) is 0.714. The van der Waals surface area contributed by atoms with Crippen molar-refractivity contribution in [1.29, 1.82) is 0 Å². The Morgan fingerprint density at radius 3 is 2.50 bits per heavy atom. The molecule has 58 valence electrons. The second kappa shape index (κ2) is 2.69. The van der Waals surface area contributed by atoms with E-state index in [1.54, 1.807) is 12.2 Å². The summed E-state index contributed by atoms with van der Waals surface area (Å²) in [4.78, 5) is 0. The Bertz CT molecular complexity index is 228. The van der Waals surface area contributed by atoms with Gasteiger partial charge in [0.05, 0.1) is 6.61 Å². The van der Waals surface area contributed by atoms with Gasteiger partial charge in [-0.1, -0.05) is 12.2 Å². The highest BCUT2D eigenvalue weighted by Crippen LogP contribution is 2.10. The molecular weight excluding hydrogens is 156 g/mol. The van der Waals surface area contributed by atoms with Crippen molar-refractivity contribution in [2.45, 2.75) is 11.9 Å². The third-order valence-corrected chi connectivity index (χ3v) is 2.20. The van der Waals surface area contributed by atoms with Gasteiger partial charge in [0.15, 0.2) is 5.44 Å². The third kappa shape index (κ3) is 1.80. The summed E-state index contributed by atoms with van der Waals surface area (Å²) in [5.41, 5.74) is -1.06. The van der Waals surface area contributed by atoms with Crippen molar-refractivity contribution in [2.75, 3.05) is 6.61 Å². The van der Waals surface area contributed by atoms with E-state index in [1.165, 1.54) is 0 Å². The summed E-state index contributed by atoms with van der Waals surface area (Å²) < 4.78 is 33.9. The van der Waals surface area contributed by atoms with Gasteiger partial charge in [-0.05, 0) is 0 Å². The van der Waals surface area contributed by atoms with Gasteiger partial charge in [0, 0.05) is 6.42 Å². The number of rotatable bonds is 1. The zero-order valence-electron chi connectivity index (χ0n) is 5.23. The molecule has 1 rings (SSSR count). The van der Waals surface area contributed by atoms with Gasteiger partial charge in [0.1, 0.15) is 0 Å². The lowest BCUT2D eigenvalue weighted by Gasteiger charge is -2.14. The molecule has 0 radical (unpaired) electrons. The molecular formula is C5H8O4S. The second-order valence-corrected chi connectivity index (χ2v) is 3.54. The Hall–Kier alpha value is -0.390. The summed E-state index contributed by atoms with van der Waals surface area (Å²) in [5.74, 6) is 0. The van der Waals surface area contributed by atoms with Crippen LogP contribution < -0.4 is 0 Å². The summed E-state index contributed by atoms with van der Waals surface area (Å²) in [7, 11) is -4.00. The summed E-state index contributed by atoms with van der Waals surface area (Å²) in [6.45, 7) is 0.254. The van der Waals surface area contributed by atoms with Crippen molar-refractivity contribution in [2.24, 2.45) is 0 Å². The van der Waals surface area contributed by atoms with Crippen LogP contribution in [-0.2, 0) is 14.9 Å². The van der Waals surface area contributed by atoms with Crippen molar-refractivity contribution in [3.05, 3.63) is 12.2 Å². The first-order valence-electron chi connectivity index (χ1n) is 2.83. The molecule has 1 aliphatic rings. The average molecular weight is 164 g/mol. The van der Waals surface area contributed by atoms with Gasteiger partial charge >= 0.3 is 0 Å². The molecule has 1 atom stereocenters. The van der Waals surface area contributed by atoms with Crippen molar-refractivity contribution < 1.29 is 17.7 Å². The van der Waals surface area contributed by atoms with Gasteiger partial charge in [-0.15, -0.1) is 0 Å². The van der Waals surface area contributed by atoms with Crippen LogP contribution in [0.1, 0.15) is 6.42 Å². The minimum atomic E-state index is -4.00. The molecule has 0 saturated carbocycles. The van der Waals surface area contributed by atoms with Crippen LogP contribution in [0.25, 0.3) is 0 Å².